The Labute approximate surface area is 193 Å². The standard InChI is InChI=1S/C23H17ClN4O3S/c1-31-19-11-10-16(24)13-18(19)21(30)25-17-9-5-8-15(12-17)20(29)26-23-28-27-22(32-23)14-6-3-2-4-7-14/h2-13H,1H3,(H,25,30)(H,26,28,29). The quantitative estimate of drug-likeness (QED) is 0.400. The van der Waals surface area contributed by atoms with Gasteiger partial charge in [-0.25, -0.2) is 0 Å². The third kappa shape index (κ3) is 4.93. The molecular weight excluding hydrogens is 448 g/mol. The fourth-order valence-electron chi connectivity index (χ4n) is 2.93. The molecular formula is C23H17ClN4O3S. The number of carbonyl (C=O) groups excluding carboxylic acids is 2. The van der Waals surface area contributed by atoms with Crippen LogP contribution in [0.2, 0.25) is 5.02 Å². The second-order valence-corrected chi connectivity index (χ2v) is 8.03. The highest BCUT2D eigenvalue weighted by Crippen LogP contribution is 2.27. The first-order valence-corrected chi connectivity index (χ1v) is 10.7. The van der Waals surface area contributed by atoms with Crippen molar-refractivity contribution < 1.29 is 14.3 Å². The van der Waals surface area contributed by atoms with Gasteiger partial charge in [0.05, 0.1) is 12.7 Å². The van der Waals surface area contributed by atoms with Crippen molar-refractivity contribution in [2.75, 3.05) is 17.7 Å². The van der Waals surface area contributed by atoms with Crippen molar-refractivity contribution in [3.8, 4) is 16.3 Å². The van der Waals surface area contributed by atoms with E-state index in [4.69, 9.17) is 16.3 Å². The zero-order chi connectivity index (χ0) is 22.5. The molecule has 0 aliphatic rings. The lowest BCUT2D eigenvalue weighted by Gasteiger charge is -2.10. The number of hydrogen-bond acceptors (Lipinski definition) is 6. The van der Waals surface area contributed by atoms with Gasteiger partial charge >= 0.3 is 0 Å². The predicted molar refractivity (Wildman–Crippen MR) is 126 cm³/mol. The summed E-state index contributed by atoms with van der Waals surface area (Å²) in [5.41, 5.74) is 2.02. The topological polar surface area (TPSA) is 93.2 Å². The fraction of sp³-hybridized carbons (Fsp3) is 0.0435. The average Bonchev–Trinajstić information content (AvgIpc) is 3.28. The van der Waals surface area contributed by atoms with Crippen LogP contribution in [-0.4, -0.2) is 29.1 Å². The number of methoxy groups -OCH3 is 1. The summed E-state index contributed by atoms with van der Waals surface area (Å²) in [6.07, 6.45) is 0. The molecule has 0 aliphatic heterocycles. The third-order valence-electron chi connectivity index (χ3n) is 4.45. The van der Waals surface area contributed by atoms with Crippen molar-refractivity contribution >= 4 is 45.6 Å². The minimum absolute atomic E-state index is 0.289. The van der Waals surface area contributed by atoms with E-state index in [9.17, 15) is 9.59 Å². The molecule has 9 heteroatoms. The van der Waals surface area contributed by atoms with Crippen LogP contribution in [0.5, 0.6) is 5.75 Å². The highest BCUT2D eigenvalue weighted by molar-refractivity contribution is 7.18. The van der Waals surface area contributed by atoms with Crippen LogP contribution in [-0.2, 0) is 0 Å². The van der Waals surface area contributed by atoms with Gasteiger partial charge in [0.2, 0.25) is 5.13 Å². The number of ether oxygens (including phenoxy) is 1. The number of benzene rings is 3. The first-order valence-electron chi connectivity index (χ1n) is 9.49. The molecule has 0 bridgehead atoms. The molecule has 0 aliphatic carbocycles. The summed E-state index contributed by atoms with van der Waals surface area (Å²) in [5.74, 6) is -0.373. The molecule has 1 heterocycles. The van der Waals surface area contributed by atoms with Gasteiger partial charge in [-0.3, -0.25) is 14.9 Å². The zero-order valence-corrected chi connectivity index (χ0v) is 18.4. The Bertz CT molecular complexity index is 1280. The van der Waals surface area contributed by atoms with Gasteiger partial charge in [0, 0.05) is 21.8 Å². The van der Waals surface area contributed by atoms with E-state index in [0.29, 0.717) is 32.2 Å². The number of carbonyl (C=O) groups is 2. The smallest absolute Gasteiger partial charge is 0.259 e. The van der Waals surface area contributed by atoms with Gasteiger partial charge in [-0.1, -0.05) is 59.3 Å². The van der Waals surface area contributed by atoms with Crippen LogP contribution in [0.25, 0.3) is 10.6 Å². The summed E-state index contributed by atoms with van der Waals surface area (Å²) >= 11 is 7.28. The SMILES string of the molecule is COc1ccc(Cl)cc1C(=O)Nc1cccc(C(=O)Nc2nnc(-c3ccccc3)s2)c1. The Balaban J connectivity index is 1.47. The Morgan fingerprint density at radius 3 is 2.50 bits per heavy atom. The highest BCUT2D eigenvalue weighted by atomic mass is 35.5. The van der Waals surface area contributed by atoms with E-state index in [1.54, 1.807) is 36.4 Å². The molecule has 0 saturated carbocycles. The first-order chi connectivity index (χ1) is 15.5. The Kier molecular flexibility index (Phi) is 6.44. The van der Waals surface area contributed by atoms with E-state index in [1.807, 2.05) is 30.3 Å². The monoisotopic (exact) mass is 464 g/mol. The van der Waals surface area contributed by atoms with Gasteiger partial charge < -0.3 is 10.1 Å². The molecule has 32 heavy (non-hydrogen) atoms. The van der Waals surface area contributed by atoms with Crippen LogP contribution < -0.4 is 15.4 Å². The van der Waals surface area contributed by atoms with E-state index in [1.165, 1.54) is 24.5 Å². The van der Waals surface area contributed by atoms with Crippen LogP contribution in [0.15, 0.2) is 72.8 Å². The number of amides is 2. The maximum Gasteiger partial charge on any atom is 0.259 e. The van der Waals surface area contributed by atoms with Crippen molar-refractivity contribution in [1.82, 2.24) is 10.2 Å². The zero-order valence-electron chi connectivity index (χ0n) is 16.8. The molecule has 7 nitrogen and oxygen atoms in total. The number of rotatable bonds is 6. The van der Waals surface area contributed by atoms with E-state index < -0.39 is 5.91 Å². The van der Waals surface area contributed by atoms with Crippen molar-refractivity contribution in [2.24, 2.45) is 0 Å². The van der Waals surface area contributed by atoms with E-state index in [0.717, 1.165) is 5.56 Å². The second-order valence-electron chi connectivity index (χ2n) is 6.61. The first kappa shape index (κ1) is 21.5. The molecule has 4 aromatic rings. The number of anilines is 2. The summed E-state index contributed by atoms with van der Waals surface area (Å²) in [6.45, 7) is 0. The molecule has 2 amide bonds. The lowest BCUT2D eigenvalue weighted by Crippen LogP contribution is -2.15. The van der Waals surface area contributed by atoms with Gasteiger partial charge in [0.25, 0.3) is 11.8 Å². The minimum atomic E-state index is -0.404. The maximum atomic E-state index is 12.7. The van der Waals surface area contributed by atoms with E-state index in [-0.39, 0.29) is 11.5 Å². The second kappa shape index (κ2) is 9.59. The van der Waals surface area contributed by atoms with Crippen LogP contribution in [0, 0.1) is 0 Å². The fourth-order valence-corrected chi connectivity index (χ4v) is 3.85. The molecule has 0 unspecified atom stereocenters. The van der Waals surface area contributed by atoms with E-state index >= 15 is 0 Å². The van der Waals surface area contributed by atoms with Crippen molar-refractivity contribution in [3.05, 3.63) is 88.9 Å². The van der Waals surface area contributed by atoms with Crippen molar-refractivity contribution in [3.63, 3.8) is 0 Å². The lowest BCUT2D eigenvalue weighted by molar-refractivity contribution is 0.101. The normalized spacial score (nSPS) is 10.4. The van der Waals surface area contributed by atoms with Crippen LogP contribution in [0.1, 0.15) is 20.7 Å². The average molecular weight is 465 g/mol. The van der Waals surface area contributed by atoms with Crippen molar-refractivity contribution in [1.29, 1.82) is 0 Å². The lowest BCUT2D eigenvalue weighted by atomic mass is 10.1. The molecule has 0 saturated heterocycles. The van der Waals surface area contributed by atoms with Crippen LogP contribution in [0.4, 0.5) is 10.8 Å². The van der Waals surface area contributed by atoms with E-state index in [2.05, 4.69) is 20.8 Å². The molecule has 0 atom stereocenters. The number of aromatic nitrogens is 2. The largest absolute Gasteiger partial charge is 0.496 e. The molecule has 160 valence electrons. The number of nitrogens with zero attached hydrogens (tertiary/aromatic N) is 2. The molecule has 0 spiro atoms. The number of nitrogens with one attached hydrogen (secondary N) is 2. The number of hydrogen-bond donors (Lipinski definition) is 2. The Hall–Kier alpha value is -3.75. The molecule has 4 rings (SSSR count). The molecule has 0 fully saturated rings. The molecule has 2 N–H and O–H groups in total. The minimum Gasteiger partial charge on any atom is -0.496 e. The summed E-state index contributed by atoms with van der Waals surface area (Å²) in [5, 5.41) is 15.2. The van der Waals surface area contributed by atoms with Gasteiger partial charge in [-0.15, -0.1) is 10.2 Å². The molecule has 3 aromatic carbocycles. The predicted octanol–water partition coefficient (Wildman–Crippen LogP) is 5.37. The summed E-state index contributed by atoms with van der Waals surface area (Å²) < 4.78 is 5.23. The van der Waals surface area contributed by atoms with Gasteiger partial charge in [-0.2, -0.15) is 0 Å². The summed E-state index contributed by atoms with van der Waals surface area (Å²) in [4.78, 5) is 25.4. The van der Waals surface area contributed by atoms with Gasteiger partial charge in [-0.05, 0) is 36.4 Å². The van der Waals surface area contributed by atoms with Gasteiger partial charge in [0.15, 0.2) is 0 Å². The maximum absolute atomic E-state index is 12.7. The molecule has 0 radical (unpaired) electrons. The summed E-state index contributed by atoms with van der Waals surface area (Å²) in [7, 11) is 1.47. The van der Waals surface area contributed by atoms with Crippen LogP contribution >= 0.6 is 22.9 Å². The van der Waals surface area contributed by atoms with Gasteiger partial charge in [0.1, 0.15) is 10.8 Å². The van der Waals surface area contributed by atoms with Crippen LogP contribution in [0.3, 0.4) is 0 Å². The Morgan fingerprint density at radius 2 is 1.72 bits per heavy atom. The van der Waals surface area contributed by atoms with Crippen molar-refractivity contribution in [2.45, 2.75) is 0 Å². The summed E-state index contributed by atoms with van der Waals surface area (Å²) in [6, 6.07) is 20.9. The third-order valence-corrected chi connectivity index (χ3v) is 5.58. The number of halogens is 1. The molecule has 1 aromatic heterocycles. The highest BCUT2D eigenvalue weighted by Gasteiger charge is 2.15. The Morgan fingerprint density at radius 1 is 0.906 bits per heavy atom.